The van der Waals surface area contributed by atoms with Crippen LogP contribution < -0.4 is 4.74 Å². The molecular weight excluding hydrogens is 369 g/mol. The molecule has 2 atom stereocenters. The summed E-state index contributed by atoms with van der Waals surface area (Å²) in [5.41, 5.74) is 2.79. The van der Waals surface area contributed by atoms with Crippen LogP contribution in [0.25, 0.3) is 11.4 Å². The Labute approximate surface area is 168 Å². The van der Waals surface area contributed by atoms with Gasteiger partial charge >= 0.3 is 0 Å². The zero-order valence-electron chi connectivity index (χ0n) is 15.8. The zero-order chi connectivity index (χ0) is 19.8. The SMILES string of the molecule is O=C(COc1ccccc1)N1C2CCC1c1cnc(-c3ccc(F)cc3)nc1C2. The maximum absolute atomic E-state index is 13.2. The molecule has 1 saturated heterocycles. The topological polar surface area (TPSA) is 55.3 Å². The highest BCUT2D eigenvalue weighted by Gasteiger charge is 2.43. The molecule has 29 heavy (non-hydrogen) atoms. The van der Waals surface area contributed by atoms with Crippen LogP contribution in [0.2, 0.25) is 0 Å². The Balaban J connectivity index is 1.36. The van der Waals surface area contributed by atoms with Gasteiger partial charge in [-0.15, -0.1) is 0 Å². The average molecular weight is 389 g/mol. The molecule has 5 rings (SSSR count). The molecule has 0 radical (unpaired) electrons. The molecule has 2 aliphatic heterocycles. The molecule has 0 N–H and O–H groups in total. The first kappa shape index (κ1) is 17.8. The largest absolute Gasteiger partial charge is 0.484 e. The van der Waals surface area contributed by atoms with E-state index >= 15 is 0 Å². The average Bonchev–Trinajstić information content (AvgIpc) is 3.08. The fourth-order valence-corrected chi connectivity index (χ4v) is 4.33. The molecule has 0 saturated carbocycles. The summed E-state index contributed by atoms with van der Waals surface area (Å²) in [7, 11) is 0. The highest BCUT2D eigenvalue weighted by molar-refractivity contribution is 5.79. The zero-order valence-corrected chi connectivity index (χ0v) is 15.8. The number of amides is 1. The summed E-state index contributed by atoms with van der Waals surface area (Å²) < 4.78 is 18.9. The number of carbonyl (C=O) groups is 1. The normalized spacial score (nSPS) is 19.7. The molecule has 1 fully saturated rings. The molecular formula is C23H20FN3O2. The predicted molar refractivity (Wildman–Crippen MR) is 106 cm³/mol. The van der Waals surface area contributed by atoms with Gasteiger partial charge in [0.05, 0.1) is 11.7 Å². The Kier molecular flexibility index (Phi) is 4.46. The van der Waals surface area contributed by atoms with E-state index in [0.29, 0.717) is 18.0 Å². The van der Waals surface area contributed by atoms with Crippen molar-refractivity contribution in [1.29, 1.82) is 0 Å². The Hall–Kier alpha value is -3.28. The van der Waals surface area contributed by atoms with Gasteiger partial charge < -0.3 is 9.64 Å². The summed E-state index contributed by atoms with van der Waals surface area (Å²) in [6.07, 6.45) is 4.39. The Morgan fingerprint density at radius 2 is 1.90 bits per heavy atom. The first-order chi connectivity index (χ1) is 14.2. The fourth-order valence-electron chi connectivity index (χ4n) is 4.33. The minimum absolute atomic E-state index is 0.00195. The molecule has 1 amide bonds. The van der Waals surface area contributed by atoms with Crippen LogP contribution in [0, 0.1) is 5.82 Å². The monoisotopic (exact) mass is 389 g/mol. The van der Waals surface area contributed by atoms with Gasteiger partial charge in [0.1, 0.15) is 11.6 Å². The second-order valence-electron chi connectivity index (χ2n) is 7.46. The first-order valence-electron chi connectivity index (χ1n) is 9.80. The number of ether oxygens (including phenoxy) is 1. The Morgan fingerprint density at radius 3 is 2.69 bits per heavy atom. The summed E-state index contributed by atoms with van der Waals surface area (Å²) in [6, 6.07) is 15.7. The number of hydrogen-bond acceptors (Lipinski definition) is 4. The van der Waals surface area contributed by atoms with Gasteiger partial charge in [0, 0.05) is 29.8 Å². The van der Waals surface area contributed by atoms with Crippen LogP contribution >= 0.6 is 0 Å². The third kappa shape index (κ3) is 3.35. The molecule has 146 valence electrons. The molecule has 1 aromatic heterocycles. The van der Waals surface area contributed by atoms with Gasteiger partial charge in [0.15, 0.2) is 12.4 Å². The van der Waals surface area contributed by atoms with Crippen LogP contribution in [-0.2, 0) is 11.2 Å². The number of halogens is 1. The molecule has 3 heterocycles. The van der Waals surface area contributed by atoms with E-state index in [0.717, 1.165) is 29.7 Å². The minimum atomic E-state index is -0.281. The predicted octanol–water partition coefficient (Wildman–Crippen LogP) is 3.95. The quantitative estimate of drug-likeness (QED) is 0.678. The standard InChI is InChI=1S/C23H20FN3O2/c24-16-8-6-15(7-9-16)23-25-13-19-20(26-23)12-17-10-11-21(19)27(17)22(28)14-29-18-4-2-1-3-5-18/h1-9,13,17,21H,10-12,14H2. The third-order valence-corrected chi connectivity index (χ3v) is 5.69. The smallest absolute Gasteiger partial charge is 0.261 e. The molecule has 3 aromatic rings. The molecule has 2 unspecified atom stereocenters. The van der Waals surface area contributed by atoms with Crippen molar-refractivity contribution in [1.82, 2.24) is 14.9 Å². The molecule has 0 spiro atoms. The summed E-state index contributed by atoms with van der Waals surface area (Å²) in [5, 5.41) is 0. The molecule has 2 aliphatic rings. The van der Waals surface area contributed by atoms with Crippen LogP contribution in [-0.4, -0.2) is 33.4 Å². The molecule has 5 nitrogen and oxygen atoms in total. The van der Waals surface area contributed by atoms with Crippen LogP contribution in [0.4, 0.5) is 4.39 Å². The van der Waals surface area contributed by atoms with Crippen molar-refractivity contribution in [3.63, 3.8) is 0 Å². The van der Waals surface area contributed by atoms with E-state index in [1.807, 2.05) is 41.4 Å². The lowest BCUT2D eigenvalue weighted by molar-refractivity contribution is -0.137. The van der Waals surface area contributed by atoms with E-state index in [1.165, 1.54) is 12.1 Å². The second-order valence-corrected chi connectivity index (χ2v) is 7.46. The van der Waals surface area contributed by atoms with E-state index in [-0.39, 0.29) is 30.4 Å². The Morgan fingerprint density at radius 1 is 1.10 bits per heavy atom. The fraction of sp³-hybridized carbons (Fsp3) is 0.261. The lowest BCUT2D eigenvalue weighted by Crippen LogP contribution is -2.44. The molecule has 2 bridgehead atoms. The van der Waals surface area contributed by atoms with E-state index in [1.54, 1.807) is 12.1 Å². The lowest BCUT2D eigenvalue weighted by atomic mass is 9.99. The van der Waals surface area contributed by atoms with Crippen molar-refractivity contribution in [3.8, 4) is 17.1 Å². The number of hydrogen-bond donors (Lipinski definition) is 0. The number of carbonyl (C=O) groups excluding carboxylic acids is 1. The maximum Gasteiger partial charge on any atom is 0.261 e. The summed E-state index contributed by atoms with van der Waals surface area (Å²) in [5.74, 6) is 1.000. The van der Waals surface area contributed by atoms with Gasteiger partial charge in [0.25, 0.3) is 5.91 Å². The van der Waals surface area contributed by atoms with E-state index in [9.17, 15) is 9.18 Å². The lowest BCUT2D eigenvalue weighted by Gasteiger charge is -2.35. The van der Waals surface area contributed by atoms with Crippen molar-refractivity contribution < 1.29 is 13.9 Å². The number of benzene rings is 2. The first-order valence-corrected chi connectivity index (χ1v) is 9.80. The number of para-hydroxylation sites is 1. The Bertz CT molecular complexity index is 1040. The highest BCUT2D eigenvalue weighted by Crippen LogP contribution is 2.43. The number of fused-ring (bicyclic) bond motifs is 4. The van der Waals surface area contributed by atoms with Gasteiger partial charge in [-0.05, 0) is 49.2 Å². The van der Waals surface area contributed by atoms with Crippen LogP contribution in [0.5, 0.6) is 5.75 Å². The van der Waals surface area contributed by atoms with Crippen molar-refractivity contribution in [2.75, 3.05) is 6.61 Å². The van der Waals surface area contributed by atoms with Crippen molar-refractivity contribution >= 4 is 5.91 Å². The van der Waals surface area contributed by atoms with Crippen LogP contribution in [0.15, 0.2) is 60.8 Å². The van der Waals surface area contributed by atoms with Crippen LogP contribution in [0.1, 0.15) is 30.1 Å². The molecule has 6 heteroatoms. The van der Waals surface area contributed by atoms with Gasteiger partial charge in [-0.3, -0.25) is 4.79 Å². The van der Waals surface area contributed by atoms with Gasteiger partial charge in [-0.2, -0.15) is 0 Å². The van der Waals surface area contributed by atoms with Gasteiger partial charge in [-0.1, -0.05) is 18.2 Å². The van der Waals surface area contributed by atoms with E-state index in [2.05, 4.69) is 4.98 Å². The van der Waals surface area contributed by atoms with E-state index < -0.39 is 0 Å². The highest BCUT2D eigenvalue weighted by atomic mass is 19.1. The number of aromatic nitrogens is 2. The minimum Gasteiger partial charge on any atom is -0.484 e. The third-order valence-electron chi connectivity index (χ3n) is 5.69. The van der Waals surface area contributed by atoms with Gasteiger partial charge in [0.2, 0.25) is 0 Å². The number of rotatable bonds is 4. The van der Waals surface area contributed by atoms with Crippen molar-refractivity contribution in [3.05, 3.63) is 77.9 Å². The molecule has 0 aliphatic carbocycles. The van der Waals surface area contributed by atoms with Crippen LogP contribution in [0.3, 0.4) is 0 Å². The summed E-state index contributed by atoms with van der Waals surface area (Å²) >= 11 is 0. The number of nitrogens with zero attached hydrogens (tertiary/aromatic N) is 3. The maximum atomic E-state index is 13.2. The van der Waals surface area contributed by atoms with Crippen molar-refractivity contribution in [2.24, 2.45) is 0 Å². The van der Waals surface area contributed by atoms with E-state index in [4.69, 9.17) is 9.72 Å². The van der Waals surface area contributed by atoms with Gasteiger partial charge in [-0.25, -0.2) is 14.4 Å². The second kappa shape index (κ2) is 7.28. The van der Waals surface area contributed by atoms with Crippen molar-refractivity contribution in [2.45, 2.75) is 31.3 Å². The summed E-state index contributed by atoms with van der Waals surface area (Å²) in [4.78, 5) is 24.1. The summed E-state index contributed by atoms with van der Waals surface area (Å²) in [6.45, 7) is 0.0286. The molecule has 2 aromatic carbocycles.